The van der Waals surface area contributed by atoms with Crippen LogP contribution in [-0.2, 0) is 4.74 Å². The van der Waals surface area contributed by atoms with Gasteiger partial charge in [0.1, 0.15) is 0 Å². The second kappa shape index (κ2) is 12.3. The number of hydrogen-bond acceptors (Lipinski definition) is 4. The van der Waals surface area contributed by atoms with Crippen molar-refractivity contribution in [1.29, 1.82) is 0 Å². The zero-order valence-electron chi connectivity index (χ0n) is 15.3. The summed E-state index contributed by atoms with van der Waals surface area (Å²) in [6.07, 6.45) is 4.39. The summed E-state index contributed by atoms with van der Waals surface area (Å²) in [6, 6.07) is 10.5. The molecular formula is C18H30IN3OS2. The van der Waals surface area contributed by atoms with E-state index >= 15 is 0 Å². The molecule has 1 aromatic rings. The Morgan fingerprint density at radius 2 is 1.92 bits per heavy atom. The number of guanidine groups is 1. The molecule has 0 spiro atoms. The van der Waals surface area contributed by atoms with E-state index < -0.39 is 0 Å². The molecule has 2 N–H and O–H groups in total. The SMILES string of the molecule is CN=C(NCC(C)Sc1ccccc1)NCC1(SC)CCOCC1.I. The van der Waals surface area contributed by atoms with Crippen molar-refractivity contribution in [1.82, 2.24) is 10.6 Å². The van der Waals surface area contributed by atoms with Crippen LogP contribution in [0.4, 0.5) is 0 Å². The average Bonchev–Trinajstić information content (AvgIpc) is 2.63. The minimum absolute atomic E-state index is 0. The minimum atomic E-state index is 0. The maximum atomic E-state index is 5.51. The molecule has 0 radical (unpaired) electrons. The third-order valence-electron chi connectivity index (χ3n) is 4.28. The molecule has 0 aliphatic carbocycles. The highest BCUT2D eigenvalue weighted by Crippen LogP contribution is 2.32. The van der Waals surface area contributed by atoms with Crippen LogP contribution in [0.5, 0.6) is 0 Å². The highest BCUT2D eigenvalue weighted by atomic mass is 127. The Bertz CT molecular complexity index is 510. The van der Waals surface area contributed by atoms with Gasteiger partial charge in [0.2, 0.25) is 0 Å². The van der Waals surface area contributed by atoms with Crippen molar-refractivity contribution >= 4 is 53.5 Å². The average molecular weight is 495 g/mol. The Morgan fingerprint density at radius 1 is 1.24 bits per heavy atom. The molecule has 4 nitrogen and oxygen atoms in total. The van der Waals surface area contributed by atoms with Crippen molar-refractivity contribution in [3.8, 4) is 0 Å². The fourth-order valence-electron chi connectivity index (χ4n) is 2.68. The first-order valence-corrected chi connectivity index (χ1v) is 10.6. The van der Waals surface area contributed by atoms with Gasteiger partial charge >= 0.3 is 0 Å². The van der Waals surface area contributed by atoms with E-state index in [1.54, 1.807) is 0 Å². The fraction of sp³-hybridized carbons (Fsp3) is 0.611. The number of nitrogens with zero attached hydrogens (tertiary/aromatic N) is 1. The van der Waals surface area contributed by atoms with Gasteiger partial charge in [-0.3, -0.25) is 4.99 Å². The standard InChI is InChI=1S/C18H29N3OS2.HI/c1-15(24-16-7-5-4-6-8-16)13-20-17(19-2)21-14-18(23-3)9-11-22-12-10-18;/h4-8,15H,9-14H2,1-3H3,(H2,19,20,21);1H. The van der Waals surface area contributed by atoms with Crippen LogP contribution in [0.2, 0.25) is 0 Å². The van der Waals surface area contributed by atoms with Gasteiger partial charge in [-0.2, -0.15) is 11.8 Å². The Balaban J connectivity index is 0.00000312. The van der Waals surface area contributed by atoms with Gasteiger partial charge in [0.25, 0.3) is 0 Å². The zero-order valence-corrected chi connectivity index (χ0v) is 19.3. The number of nitrogens with one attached hydrogen (secondary N) is 2. The normalized spacial score (nSPS) is 18.1. The smallest absolute Gasteiger partial charge is 0.191 e. The molecule has 0 bridgehead atoms. The lowest BCUT2D eigenvalue weighted by molar-refractivity contribution is 0.0783. The van der Waals surface area contributed by atoms with E-state index in [0.29, 0.717) is 5.25 Å². The van der Waals surface area contributed by atoms with Crippen molar-refractivity contribution < 1.29 is 4.74 Å². The van der Waals surface area contributed by atoms with E-state index in [4.69, 9.17) is 4.74 Å². The first kappa shape index (κ1) is 22.9. The molecule has 1 atom stereocenters. The molecule has 0 saturated carbocycles. The first-order valence-electron chi connectivity index (χ1n) is 8.46. The highest BCUT2D eigenvalue weighted by Gasteiger charge is 2.31. The van der Waals surface area contributed by atoms with Gasteiger partial charge in [0, 0.05) is 48.2 Å². The summed E-state index contributed by atoms with van der Waals surface area (Å²) in [7, 11) is 1.83. The van der Waals surface area contributed by atoms with Gasteiger partial charge in [-0.15, -0.1) is 35.7 Å². The number of thioether (sulfide) groups is 2. The van der Waals surface area contributed by atoms with E-state index in [9.17, 15) is 0 Å². The Labute approximate surface area is 177 Å². The summed E-state index contributed by atoms with van der Waals surface area (Å²) in [5, 5.41) is 7.43. The highest BCUT2D eigenvalue weighted by molar-refractivity contribution is 14.0. The van der Waals surface area contributed by atoms with E-state index in [2.05, 4.69) is 59.1 Å². The lowest BCUT2D eigenvalue weighted by atomic mass is 9.99. The van der Waals surface area contributed by atoms with E-state index in [1.807, 2.05) is 30.6 Å². The second-order valence-corrected chi connectivity index (χ2v) is 8.83. The minimum Gasteiger partial charge on any atom is -0.381 e. The number of benzene rings is 1. The number of aliphatic imine (C=N–C) groups is 1. The van der Waals surface area contributed by atoms with Crippen LogP contribution < -0.4 is 10.6 Å². The number of hydrogen-bond donors (Lipinski definition) is 2. The molecule has 1 aliphatic rings. The van der Waals surface area contributed by atoms with Crippen molar-refractivity contribution in [2.75, 3.05) is 39.6 Å². The van der Waals surface area contributed by atoms with E-state index in [1.165, 1.54) is 4.90 Å². The maximum absolute atomic E-state index is 5.51. The topological polar surface area (TPSA) is 45.7 Å². The predicted molar refractivity (Wildman–Crippen MR) is 123 cm³/mol. The van der Waals surface area contributed by atoms with Crippen LogP contribution >= 0.6 is 47.5 Å². The Kier molecular flexibility index (Phi) is 11.3. The van der Waals surface area contributed by atoms with Crippen molar-refractivity contribution in [3.63, 3.8) is 0 Å². The lowest BCUT2D eigenvalue weighted by Gasteiger charge is -2.36. The summed E-state index contributed by atoms with van der Waals surface area (Å²) in [6.45, 7) is 5.77. The molecule has 2 rings (SSSR count). The third-order valence-corrected chi connectivity index (χ3v) is 6.81. The molecule has 1 aliphatic heterocycles. The molecular weight excluding hydrogens is 465 g/mol. The fourth-order valence-corrected chi connectivity index (χ4v) is 4.41. The van der Waals surface area contributed by atoms with Crippen LogP contribution in [0, 0.1) is 0 Å². The summed E-state index contributed by atoms with van der Waals surface area (Å²) in [4.78, 5) is 5.67. The largest absolute Gasteiger partial charge is 0.381 e. The van der Waals surface area contributed by atoms with Crippen LogP contribution in [0.1, 0.15) is 19.8 Å². The molecule has 25 heavy (non-hydrogen) atoms. The molecule has 1 saturated heterocycles. The molecule has 7 heteroatoms. The van der Waals surface area contributed by atoms with E-state index in [0.717, 1.165) is 45.1 Å². The molecule has 0 aromatic heterocycles. The van der Waals surface area contributed by atoms with Gasteiger partial charge in [0.15, 0.2) is 5.96 Å². The maximum Gasteiger partial charge on any atom is 0.191 e. The lowest BCUT2D eigenvalue weighted by Crippen LogP contribution is -2.48. The molecule has 1 heterocycles. The predicted octanol–water partition coefficient (Wildman–Crippen LogP) is 3.86. The van der Waals surface area contributed by atoms with Crippen LogP contribution in [-0.4, -0.2) is 55.6 Å². The van der Waals surface area contributed by atoms with Crippen molar-refractivity contribution in [3.05, 3.63) is 30.3 Å². The molecule has 1 fully saturated rings. The zero-order chi connectivity index (χ0) is 17.3. The van der Waals surface area contributed by atoms with Gasteiger partial charge in [0.05, 0.1) is 0 Å². The van der Waals surface area contributed by atoms with Crippen molar-refractivity contribution in [2.45, 2.75) is 34.7 Å². The molecule has 1 unspecified atom stereocenters. The summed E-state index contributed by atoms with van der Waals surface area (Å²) >= 11 is 3.82. The summed E-state index contributed by atoms with van der Waals surface area (Å²) in [5.41, 5.74) is 0. The second-order valence-electron chi connectivity index (χ2n) is 6.05. The van der Waals surface area contributed by atoms with Gasteiger partial charge in [-0.05, 0) is 31.2 Å². The summed E-state index contributed by atoms with van der Waals surface area (Å²) < 4.78 is 5.77. The van der Waals surface area contributed by atoms with Crippen LogP contribution in [0.3, 0.4) is 0 Å². The Morgan fingerprint density at radius 3 is 2.52 bits per heavy atom. The Hall–Kier alpha value is -0.120. The van der Waals surface area contributed by atoms with Crippen LogP contribution in [0.25, 0.3) is 0 Å². The summed E-state index contributed by atoms with van der Waals surface area (Å²) in [5.74, 6) is 0.885. The van der Waals surface area contributed by atoms with Crippen LogP contribution in [0.15, 0.2) is 40.2 Å². The molecule has 1 aromatic carbocycles. The number of rotatable bonds is 7. The van der Waals surface area contributed by atoms with Gasteiger partial charge < -0.3 is 15.4 Å². The number of ether oxygens (including phenoxy) is 1. The molecule has 0 amide bonds. The monoisotopic (exact) mass is 495 g/mol. The molecule has 142 valence electrons. The third kappa shape index (κ3) is 7.97. The van der Waals surface area contributed by atoms with Gasteiger partial charge in [-0.1, -0.05) is 25.1 Å². The number of halogens is 1. The van der Waals surface area contributed by atoms with Gasteiger partial charge in [-0.25, -0.2) is 0 Å². The van der Waals surface area contributed by atoms with E-state index in [-0.39, 0.29) is 28.7 Å². The quantitative estimate of drug-likeness (QED) is 0.260. The first-order chi connectivity index (χ1) is 11.7. The van der Waals surface area contributed by atoms with Crippen molar-refractivity contribution in [2.24, 2.45) is 4.99 Å².